The van der Waals surface area contributed by atoms with Crippen molar-refractivity contribution >= 4 is 16.9 Å². The lowest BCUT2D eigenvalue weighted by Gasteiger charge is -2.43. The van der Waals surface area contributed by atoms with Gasteiger partial charge in [-0.25, -0.2) is 0 Å². The van der Waals surface area contributed by atoms with E-state index in [1.165, 1.54) is 25.7 Å². The summed E-state index contributed by atoms with van der Waals surface area (Å²) < 4.78 is 11.0. The van der Waals surface area contributed by atoms with Crippen LogP contribution < -0.4 is 14.8 Å². The molecule has 1 aliphatic carbocycles. The van der Waals surface area contributed by atoms with Gasteiger partial charge in [0.2, 0.25) is 0 Å². The third-order valence-electron chi connectivity index (χ3n) is 5.79. The van der Waals surface area contributed by atoms with E-state index in [0.29, 0.717) is 6.54 Å². The fraction of sp³-hybridized carbons (Fsp3) is 0.650. The number of benzene rings is 1. The Morgan fingerprint density at radius 1 is 1.16 bits per heavy atom. The molecule has 0 unspecified atom stereocenters. The minimum absolute atomic E-state index is 0.0915. The largest absolute Gasteiger partial charge is 0.493 e. The summed E-state index contributed by atoms with van der Waals surface area (Å²) in [6, 6.07) is 6.00. The average Bonchev–Trinajstić information content (AvgIpc) is 2.85. The van der Waals surface area contributed by atoms with Crippen molar-refractivity contribution in [1.29, 1.82) is 0 Å². The maximum Gasteiger partial charge on any atom is 0.161 e. The minimum atomic E-state index is 0.0915. The number of aliphatic imine (C=N–C) groups is 1. The number of hydrogen-bond acceptors (Lipinski definition) is 4. The fourth-order valence-electron chi connectivity index (χ4n) is 3.89. The summed E-state index contributed by atoms with van der Waals surface area (Å²) in [5.74, 6) is 2.36. The molecule has 2 aliphatic rings. The number of hydrogen-bond donors (Lipinski definition) is 1. The summed E-state index contributed by atoms with van der Waals surface area (Å²) in [7, 11) is 3.32. The molecule has 1 heterocycles. The molecule has 4 nitrogen and oxygen atoms in total. The maximum atomic E-state index is 5.39. The number of nitrogens with zero attached hydrogens (tertiary/aromatic N) is 1. The predicted molar refractivity (Wildman–Crippen MR) is 106 cm³/mol. The molecule has 0 radical (unpaired) electrons. The van der Waals surface area contributed by atoms with Gasteiger partial charge < -0.3 is 14.8 Å². The van der Waals surface area contributed by atoms with Gasteiger partial charge in [-0.1, -0.05) is 24.8 Å². The zero-order valence-electron chi connectivity index (χ0n) is 16.0. The summed E-state index contributed by atoms with van der Waals surface area (Å²) in [5.41, 5.74) is 1.22. The van der Waals surface area contributed by atoms with Crippen LogP contribution in [0.1, 0.15) is 52.0 Å². The molecule has 1 aromatic carbocycles. The molecule has 0 atom stereocenters. The summed E-state index contributed by atoms with van der Waals surface area (Å²) in [4.78, 5) is 4.86. The first-order valence-electron chi connectivity index (χ1n) is 9.12. The number of methoxy groups -OCH3 is 2. The zero-order chi connectivity index (χ0) is 18.1. The summed E-state index contributed by atoms with van der Waals surface area (Å²) >= 11 is 1.96. The second-order valence-electron chi connectivity index (χ2n) is 7.84. The first kappa shape index (κ1) is 18.4. The molecule has 1 saturated carbocycles. The molecule has 5 heteroatoms. The van der Waals surface area contributed by atoms with E-state index >= 15 is 0 Å². The Morgan fingerprint density at radius 2 is 1.84 bits per heavy atom. The van der Waals surface area contributed by atoms with E-state index in [2.05, 4.69) is 26.1 Å². The van der Waals surface area contributed by atoms with E-state index in [4.69, 9.17) is 14.5 Å². The molecule has 3 rings (SSSR count). The van der Waals surface area contributed by atoms with Crippen LogP contribution in [0, 0.1) is 5.92 Å². The summed E-state index contributed by atoms with van der Waals surface area (Å²) in [6.07, 6.45) is 5.19. The highest BCUT2D eigenvalue weighted by Gasteiger charge is 2.53. The second-order valence-corrected chi connectivity index (χ2v) is 9.21. The number of ether oxygens (including phenoxy) is 2. The number of amidine groups is 1. The van der Waals surface area contributed by atoms with Crippen molar-refractivity contribution in [2.75, 3.05) is 14.2 Å². The Hall–Kier alpha value is -1.36. The van der Waals surface area contributed by atoms with E-state index in [-0.39, 0.29) is 10.3 Å². The Balaban J connectivity index is 1.73. The zero-order valence-corrected chi connectivity index (χ0v) is 16.8. The van der Waals surface area contributed by atoms with Crippen molar-refractivity contribution in [1.82, 2.24) is 5.32 Å². The summed E-state index contributed by atoms with van der Waals surface area (Å²) in [6.45, 7) is 7.68. The van der Waals surface area contributed by atoms with Gasteiger partial charge in [0.15, 0.2) is 16.7 Å². The molecule has 1 N–H and O–H groups in total. The van der Waals surface area contributed by atoms with Crippen molar-refractivity contribution < 1.29 is 9.47 Å². The quantitative estimate of drug-likeness (QED) is 0.848. The van der Waals surface area contributed by atoms with Crippen LogP contribution in [0.3, 0.4) is 0 Å². The van der Waals surface area contributed by atoms with Gasteiger partial charge in [-0.3, -0.25) is 4.99 Å². The van der Waals surface area contributed by atoms with E-state index in [0.717, 1.165) is 28.1 Å². The van der Waals surface area contributed by atoms with Gasteiger partial charge in [0.05, 0.1) is 20.8 Å². The highest BCUT2D eigenvalue weighted by molar-refractivity contribution is 8.15. The number of nitrogens with one attached hydrogen (secondary N) is 1. The molecular weight excluding hydrogens is 332 g/mol. The third kappa shape index (κ3) is 3.62. The Morgan fingerprint density at radius 3 is 2.48 bits per heavy atom. The normalized spacial score (nSPS) is 29.6. The van der Waals surface area contributed by atoms with Gasteiger partial charge in [0.25, 0.3) is 0 Å². The van der Waals surface area contributed by atoms with Gasteiger partial charge in [-0.05, 0) is 63.1 Å². The standard InChI is InChI=1S/C20H30N2O2S/c1-14-8-10-20(11-9-14)19(2,3)22-18(25-20)21-13-15-6-7-16(23-4)17(12-15)24-5/h6-7,12,14H,8-11,13H2,1-5H3,(H,21,22). The van der Waals surface area contributed by atoms with E-state index < -0.39 is 0 Å². The van der Waals surface area contributed by atoms with Crippen LogP contribution in [-0.4, -0.2) is 29.7 Å². The number of thioether (sulfide) groups is 1. The number of rotatable bonds is 4. The lowest BCUT2D eigenvalue weighted by molar-refractivity contribution is 0.231. The summed E-state index contributed by atoms with van der Waals surface area (Å²) in [5, 5.41) is 4.76. The molecule has 138 valence electrons. The molecule has 0 bridgehead atoms. The second kappa shape index (κ2) is 7.10. The lowest BCUT2D eigenvalue weighted by atomic mass is 9.73. The molecular formula is C20H30N2O2S. The van der Waals surface area contributed by atoms with Gasteiger partial charge in [0, 0.05) is 10.3 Å². The first-order valence-corrected chi connectivity index (χ1v) is 9.93. The van der Waals surface area contributed by atoms with Crippen LogP contribution in [0.25, 0.3) is 0 Å². The fourth-order valence-corrected chi connectivity index (χ4v) is 5.44. The smallest absolute Gasteiger partial charge is 0.161 e. The van der Waals surface area contributed by atoms with E-state index in [1.807, 2.05) is 30.0 Å². The maximum absolute atomic E-state index is 5.39. The van der Waals surface area contributed by atoms with Crippen LogP contribution in [0.5, 0.6) is 11.5 Å². The monoisotopic (exact) mass is 362 g/mol. The molecule has 0 amide bonds. The highest BCUT2D eigenvalue weighted by atomic mass is 32.2. The van der Waals surface area contributed by atoms with Gasteiger partial charge >= 0.3 is 0 Å². The van der Waals surface area contributed by atoms with Crippen molar-refractivity contribution in [3.05, 3.63) is 23.8 Å². The molecule has 1 saturated heterocycles. The topological polar surface area (TPSA) is 42.8 Å². The van der Waals surface area contributed by atoms with Crippen LogP contribution in [-0.2, 0) is 6.54 Å². The van der Waals surface area contributed by atoms with Crippen LogP contribution in [0.2, 0.25) is 0 Å². The lowest BCUT2D eigenvalue weighted by Crippen LogP contribution is -2.52. The predicted octanol–water partition coefficient (Wildman–Crippen LogP) is 4.62. The first-order chi connectivity index (χ1) is 11.9. The molecule has 25 heavy (non-hydrogen) atoms. The van der Waals surface area contributed by atoms with Crippen LogP contribution in [0.15, 0.2) is 23.2 Å². The molecule has 0 aromatic heterocycles. The molecule has 1 aromatic rings. The van der Waals surface area contributed by atoms with Crippen molar-refractivity contribution in [2.24, 2.45) is 10.9 Å². The van der Waals surface area contributed by atoms with E-state index in [1.54, 1.807) is 14.2 Å². The van der Waals surface area contributed by atoms with E-state index in [9.17, 15) is 0 Å². The van der Waals surface area contributed by atoms with Crippen molar-refractivity contribution in [2.45, 2.75) is 63.3 Å². The molecule has 1 aliphatic heterocycles. The van der Waals surface area contributed by atoms with Crippen LogP contribution in [0.4, 0.5) is 0 Å². The van der Waals surface area contributed by atoms with Gasteiger partial charge in [0.1, 0.15) is 0 Å². The molecule has 2 fully saturated rings. The third-order valence-corrected chi connectivity index (χ3v) is 7.52. The SMILES string of the molecule is COc1ccc(CN=C2NC(C)(C)C3(CCC(C)CC3)S2)cc1OC. The highest BCUT2D eigenvalue weighted by Crippen LogP contribution is 2.52. The van der Waals surface area contributed by atoms with Crippen LogP contribution >= 0.6 is 11.8 Å². The molecule has 1 spiro atoms. The Bertz CT molecular complexity index is 649. The Kier molecular flexibility index (Phi) is 5.24. The average molecular weight is 363 g/mol. The van der Waals surface area contributed by atoms with Crippen molar-refractivity contribution in [3.63, 3.8) is 0 Å². The van der Waals surface area contributed by atoms with Gasteiger partial charge in [-0.15, -0.1) is 0 Å². The van der Waals surface area contributed by atoms with Gasteiger partial charge in [-0.2, -0.15) is 0 Å². The minimum Gasteiger partial charge on any atom is -0.493 e. The van der Waals surface area contributed by atoms with Crippen molar-refractivity contribution in [3.8, 4) is 11.5 Å². The Labute approximate surface area is 155 Å².